The topological polar surface area (TPSA) is 667 Å². The minimum Gasteiger partial charge on any atom is -0.481 e. The number of cyclic esters (lactones) is 2. The van der Waals surface area contributed by atoms with Gasteiger partial charge in [-0.05, 0) is 66.2 Å². The number of esters is 3. The van der Waals surface area contributed by atoms with Crippen LogP contribution in [-0.4, -0.2) is 352 Å². The fourth-order valence-corrected chi connectivity index (χ4v) is 16.7. The van der Waals surface area contributed by atoms with E-state index >= 15 is 0 Å². The van der Waals surface area contributed by atoms with E-state index in [0.29, 0.717) is 0 Å². The van der Waals surface area contributed by atoms with Crippen molar-refractivity contribution in [1.82, 2.24) is 5.32 Å². The number of nitrogens with one attached hydrogen (secondary N) is 1. The van der Waals surface area contributed by atoms with Gasteiger partial charge in [0.25, 0.3) is 0 Å². The SMILES string of the molecule is C=CCOC(=O)NC1C(O)C(C)OC(OC2/C=C/C=C/C=C/C=C/C=C/C=C/C=C/C(C)C(O)C(C)C(C)OC(=O)CC(O)CC(O)CCC(O)C(O)CC(O)CC3(O)CC(O)C(C(=O)OC(=O)OCC=C)C(C2)O3)C1O.CC1/C=C/C=C/C=C/C=C/C=C/C=C/C=C/C(OC2OC(C)C(O)C(N)C2O)CC2OC(O)(CC(O)CC(O)C(O)CCC(O)CC(O)CC(=O)OC(C)C(C)C1O)CC(O)C2C(=O)O. The minimum atomic E-state index is -2.47. The van der Waals surface area contributed by atoms with Crippen LogP contribution in [0.1, 0.15) is 158 Å². The number of carbonyl (C=O) groups is 6. The van der Waals surface area contributed by atoms with Crippen LogP contribution in [0.2, 0.25) is 0 Å². The normalized spacial score (nSPS) is 42.4. The molecule has 6 aliphatic heterocycles. The molecule has 6 aliphatic rings. The Morgan fingerprint density at radius 2 is 0.754 bits per heavy atom. The Labute approximate surface area is 828 Å². The Kier molecular flexibility index (Phi) is 55.6. The Bertz CT molecular complexity index is 4260. The lowest BCUT2D eigenvalue weighted by Gasteiger charge is -2.45. The number of aliphatic hydroxyl groups is 20. The molecule has 0 aromatic rings. The van der Waals surface area contributed by atoms with E-state index in [4.69, 9.17) is 57.8 Å². The molecule has 0 aliphatic carbocycles. The average Bonchev–Trinajstić information content (AvgIpc) is 0.777. The number of hydrogen-bond acceptors (Lipinski definition) is 38. The summed E-state index contributed by atoms with van der Waals surface area (Å²) in [4.78, 5) is 76.4. The molecule has 142 heavy (non-hydrogen) atoms. The maximum Gasteiger partial charge on any atom is 0.516 e. The first-order valence-electron chi connectivity index (χ1n) is 48.1. The van der Waals surface area contributed by atoms with E-state index in [2.05, 4.69) is 18.5 Å². The lowest BCUT2D eigenvalue weighted by molar-refractivity contribution is -0.310. The molecule has 0 radical (unpaired) electrons. The maximum absolute atomic E-state index is 13.7. The molecule has 800 valence electrons. The number of carbonyl (C=O) groups excluding carboxylic acids is 5. The number of alkyl carbamates (subject to hydrolysis) is 1. The molecule has 38 atom stereocenters. The summed E-state index contributed by atoms with van der Waals surface area (Å²) in [5.74, 6) is -13.9. The van der Waals surface area contributed by atoms with Crippen molar-refractivity contribution in [3.8, 4) is 0 Å². The molecule has 24 N–H and O–H groups in total. The predicted octanol–water partition coefficient (Wildman–Crippen LogP) is 3.16. The fraction of sp³-hybridized carbons (Fsp3) is 0.627. The molecule has 38 unspecified atom stereocenters. The van der Waals surface area contributed by atoms with Crippen molar-refractivity contribution >= 4 is 36.1 Å². The van der Waals surface area contributed by atoms with Crippen LogP contribution in [0.5, 0.6) is 0 Å². The summed E-state index contributed by atoms with van der Waals surface area (Å²) < 4.78 is 61.4. The number of allylic oxidation sites excluding steroid dienone is 24. The first-order chi connectivity index (χ1) is 67.1. The van der Waals surface area contributed by atoms with E-state index < -0.39 is 313 Å². The van der Waals surface area contributed by atoms with Crippen molar-refractivity contribution in [3.63, 3.8) is 0 Å². The summed E-state index contributed by atoms with van der Waals surface area (Å²) in [5.41, 5.74) is 6.02. The third-order valence-electron chi connectivity index (χ3n) is 25.1. The number of carboxylic acid groups (broad SMARTS) is 1. The number of carboxylic acids is 1. The summed E-state index contributed by atoms with van der Waals surface area (Å²) in [5, 5.41) is 231. The third kappa shape index (κ3) is 44.0. The number of nitrogens with two attached hydrogens (primary N) is 1. The van der Waals surface area contributed by atoms with Gasteiger partial charge < -0.3 is 170 Å². The number of rotatable bonds is 11. The predicted molar refractivity (Wildman–Crippen MR) is 514 cm³/mol. The van der Waals surface area contributed by atoms with E-state index in [0.717, 1.165) is 0 Å². The lowest BCUT2D eigenvalue weighted by atomic mass is 9.82. The van der Waals surface area contributed by atoms with Gasteiger partial charge in [-0.25, -0.2) is 9.59 Å². The quantitative estimate of drug-likeness (QED) is 0.0611. The second kappa shape index (κ2) is 63.7. The zero-order valence-electron chi connectivity index (χ0n) is 81.7. The van der Waals surface area contributed by atoms with Crippen molar-refractivity contribution in [2.75, 3.05) is 13.2 Å². The number of aliphatic carboxylic acids is 1. The molecule has 40 nitrogen and oxygen atoms in total. The molecule has 6 rings (SSSR count). The van der Waals surface area contributed by atoms with Gasteiger partial charge in [0.1, 0.15) is 55.6 Å². The second-order valence-electron chi connectivity index (χ2n) is 37.0. The second-order valence-corrected chi connectivity index (χ2v) is 37.0. The van der Waals surface area contributed by atoms with Gasteiger partial charge in [-0.3, -0.25) is 19.2 Å². The van der Waals surface area contributed by atoms with Crippen LogP contribution >= 0.6 is 0 Å². The Hall–Kier alpha value is -8.62. The van der Waals surface area contributed by atoms with Gasteiger partial charge in [0, 0.05) is 75.0 Å². The Balaban J connectivity index is 0.000000507. The molecular formula is C102H154N2O38. The zero-order valence-corrected chi connectivity index (χ0v) is 81.7. The van der Waals surface area contributed by atoms with E-state index in [1.54, 1.807) is 167 Å². The zero-order chi connectivity index (χ0) is 106. The lowest BCUT2D eigenvalue weighted by Crippen LogP contribution is -2.64. The average molecular weight is 2020 g/mol. The molecule has 40 heteroatoms. The van der Waals surface area contributed by atoms with Crippen molar-refractivity contribution in [2.45, 2.75) is 353 Å². The number of aliphatic hydroxyl groups excluding tert-OH is 18. The molecule has 4 saturated heterocycles. The van der Waals surface area contributed by atoms with E-state index in [-0.39, 0.29) is 70.0 Å². The van der Waals surface area contributed by atoms with Gasteiger partial charge in [-0.2, -0.15) is 0 Å². The van der Waals surface area contributed by atoms with Crippen LogP contribution in [-0.2, 0) is 71.3 Å². The van der Waals surface area contributed by atoms with Crippen molar-refractivity contribution in [3.05, 3.63) is 195 Å². The number of hydrogen-bond donors (Lipinski definition) is 23. The highest BCUT2D eigenvalue weighted by Gasteiger charge is 2.55. The van der Waals surface area contributed by atoms with Crippen LogP contribution in [0.25, 0.3) is 0 Å². The van der Waals surface area contributed by atoms with Gasteiger partial charge in [0.2, 0.25) is 0 Å². The van der Waals surface area contributed by atoms with E-state index in [9.17, 15) is 136 Å². The molecule has 0 aromatic carbocycles. The maximum atomic E-state index is 13.7. The highest BCUT2D eigenvalue weighted by molar-refractivity contribution is 5.84. The Morgan fingerprint density at radius 3 is 1.14 bits per heavy atom. The molecule has 0 aromatic heterocycles. The largest absolute Gasteiger partial charge is 0.516 e. The third-order valence-corrected chi connectivity index (χ3v) is 25.1. The van der Waals surface area contributed by atoms with E-state index in [1.807, 2.05) is 26.0 Å². The number of ether oxygens (including phenoxy) is 11. The van der Waals surface area contributed by atoms with Gasteiger partial charge in [-0.1, -0.05) is 223 Å². The molecule has 1 amide bonds. The van der Waals surface area contributed by atoms with Crippen LogP contribution in [0.15, 0.2) is 195 Å². The van der Waals surface area contributed by atoms with Crippen LogP contribution in [0.3, 0.4) is 0 Å². The summed E-state index contributed by atoms with van der Waals surface area (Å²) >= 11 is 0. The van der Waals surface area contributed by atoms with E-state index in [1.165, 1.54) is 44.2 Å². The van der Waals surface area contributed by atoms with Gasteiger partial charge in [0.15, 0.2) is 24.2 Å². The number of amides is 1. The first kappa shape index (κ1) is 124. The minimum absolute atomic E-state index is 0.107. The first-order valence-corrected chi connectivity index (χ1v) is 48.1. The van der Waals surface area contributed by atoms with Gasteiger partial charge in [0.05, 0.1) is 153 Å². The van der Waals surface area contributed by atoms with Crippen molar-refractivity contribution < 1.29 is 188 Å². The molecule has 6 heterocycles. The summed E-state index contributed by atoms with van der Waals surface area (Å²) in [6.07, 6.45) is 3.98. The van der Waals surface area contributed by atoms with Crippen LogP contribution in [0.4, 0.5) is 9.59 Å². The summed E-state index contributed by atoms with van der Waals surface area (Å²) in [6, 6.07) is -2.55. The Morgan fingerprint density at radius 1 is 0.401 bits per heavy atom. The summed E-state index contributed by atoms with van der Waals surface area (Å²) in [7, 11) is 0. The fourth-order valence-electron chi connectivity index (χ4n) is 16.7. The highest BCUT2D eigenvalue weighted by Crippen LogP contribution is 2.42. The van der Waals surface area contributed by atoms with Crippen molar-refractivity contribution in [1.29, 1.82) is 0 Å². The molecule has 0 spiro atoms. The van der Waals surface area contributed by atoms with Crippen LogP contribution in [0, 0.1) is 35.5 Å². The molecular weight excluding hydrogens is 1860 g/mol. The van der Waals surface area contributed by atoms with Gasteiger partial charge >= 0.3 is 36.1 Å². The highest BCUT2D eigenvalue weighted by atomic mass is 16.7. The molecule has 0 saturated carbocycles. The molecule has 4 fully saturated rings. The smallest absolute Gasteiger partial charge is 0.481 e. The molecule has 4 bridgehead atoms. The van der Waals surface area contributed by atoms with Crippen molar-refractivity contribution in [2.24, 2.45) is 41.2 Å². The monoisotopic (exact) mass is 2020 g/mol. The van der Waals surface area contributed by atoms with Gasteiger partial charge in [-0.15, -0.1) is 0 Å². The number of fused-ring (bicyclic) bond motifs is 4. The standard InChI is InChI=1S/C55H81NO21.C47H73NO17/c1-7-25-71-53(68)56-47-49(65)36(6)74-52(50(47)66)75-40-22-20-18-16-14-12-10-9-11-13-15-17-19-21-33(3)48(64)34(4)35(5)73-45(63)29-38(58)27-37(57)23-24-41(60)42(61)28-39(59)31-55(70)32-43(62)46(44(30-40)77-55)51(67)76-54(69)72-26-8-2;1-27-17-15-13-11-9-7-5-6-8-10-12-14-16-18-34(64-46-44(58)41(48)43(57)30(4)63-46)24-38-40(45(59)60)37(54)26-47(61,65-38)25-33(51)22-36(53)35(52)20-19-31(49)21-32(50)23-39(55)62-29(3)28(2)42(27)56/h7-22,33-44,46-50,52,57-62,64-66,70H,1-2,23-32H2,3-6H3,(H,56,68);5-18,27-38,40-44,46,49-54,56-58,61H,19-26,48H2,1-4H3,(H,59,60)/b10-9+,13-11+,14-12+,17-15+,18-16+,21-19+,22-20+;6-5+,9-7+,10-8+,13-11+,14-12+,17-15+,18-16+. The van der Waals surface area contributed by atoms with Crippen LogP contribution < -0.4 is 11.1 Å². The summed E-state index contributed by atoms with van der Waals surface area (Å²) in [6.45, 7) is 19.7.